The second-order valence-corrected chi connectivity index (χ2v) is 14.1. The van der Waals surface area contributed by atoms with Crippen LogP contribution in [0, 0.1) is 0 Å². The quantitative estimate of drug-likeness (QED) is 0.109. The predicted molar refractivity (Wildman–Crippen MR) is 207 cm³/mol. The summed E-state index contributed by atoms with van der Waals surface area (Å²) < 4.78 is 23.8. The van der Waals surface area contributed by atoms with Gasteiger partial charge in [0.15, 0.2) is 6.29 Å². The van der Waals surface area contributed by atoms with E-state index in [9.17, 15) is 9.59 Å². The number of fused-ring (bicyclic) bond motifs is 4. The molecule has 0 aliphatic heterocycles. The first-order valence-corrected chi connectivity index (χ1v) is 18.4. The highest BCUT2D eigenvalue weighted by Crippen LogP contribution is 2.44. The Morgan fingerprint density at radius 1 is 0.811 bits per heavy atom. The van der Waals surface area contributed by atoms with E-state index in [0.29, 0.717) is 13.2 Å². The third-order valence-corrected chi connectivity index (χ3v) is 9.18. The van der Waals surface area contributed by atoms with E-state index in [0.717, 1.165) is 50.0 Å². The van der Waals surface area contributed by atoms with Crippen molar-refractivity contribution >= 4 is 22.9 Å². The fourth-order valence-corrected chi connectivity index (χ4v) is 6.92. The van der Waals surface area contributed by atoms with Crippen LogP contribution >= 0.6 is 0 Å². The average Bonchev–Trinajstić information content (AvgIpc) is 3.47. The number of hydrogen-bond acceptors (Lipinski definition) is 7. The van der Waals surface area contributed by atoms with Gasteiger partial charge in [0.05, 0.1) is 12.1 Å². The molecule has 6 rings (SSSR count). The third kappa shape index (κ3) is 9.41. The lowest BCUT2D eigenvalue weighted by Gasteiger charge is -2.31. The van der Waals surface area contributed by atoms with Crippen molar-refractivity contribution in [2.45, 2.75) is 71.4 Å². The molecule has 276 valence electrons. The van der Waals surface area contributed by atoms with E-state index in [1.165, 1.54) is 0 Å². The SMILES string of the molecule is CCOC(CN(Cc1cccc2cccnc12)C(=O)C(Cc1ccc(OC(C)(C)C)cc1)NC(=O)OCC1c2ccccc2-c2ccccc21)OCC. The largest absolute Gasteiger partial charge is 0.488 e. The maximum atomic E-state index is 14.8. The summed E-state index contributed by atoms with van der Waals surface area (Å²) in [5.74, 6) is 0.298. The number of carbonyl (C=O) groups is 2. The second kappa shape index (κ2) is 17.1. The number of benzene rings is 4. The molecule has 9 nitrogen and oxygen atoms in total. The molecule has 1 heterocycles. The van der Waals surface area contributed by atoms with Crippen LogP contribution in [-0.4, -0.2) is 66.2 Å². The molecule has 0 bridgehead atoms. The summed E-state index contributed by atoms with van der Waals surface area (Å²) in [6.45, 7) is 11.1. The van der Waals surface area contributed by atoms with Gasteiger partial charge in [-0.1, -0.05) is 84.9 Å². The zero-order valence-electron chi connectivity index (χ0n) is 31.2. The monoisotopic (exact) mass is 715 g/mol. The number of amides is 2. The van der Waals surface area contributed by atoms with Crippen molar-refractivity contribution in [3.05, 3.63) is 132 Å². The van der Waals surface area contributed by atoms with E-state index in [1.807, 2.05) is 113 Å². The van der Waals surface area contributed by atoms with Gasteiger partial charge in [0.2, 0.25) is 5.91 Å². The van der Waals surface area contributed by atoms with Gasteiger partial charge in [0.25, 0.3) is 0 Å². The number of nitrogens with zero attached hydrogens (tertiary/aromatic N) is 2. The number of nitrogens with one attached hydrogen (secondary N) is 1. The number of ether oxygens (including phenoxy) is 4. The first-order valence-electron chi connectivity index (χ1n) is 18.4. The van der Waals surface area contributed by atoms with Crippen molar-refractivity contribution in [2.75, 3.05) is 26.4 Å². The van der Waals surface area contributed by atoms with Gasteiger partial charge in [-0.15, -0.1) is 0 Å². The molecule has 0 saturated carbocycles. The Bertz CT molecular complexity index is 1950. The molecule has 1 aliphatic rings. The van der Waals surface area contributed by atoms with E-state index in [4.69, 9.17) is 18.9 Å². The van der Waals surface area contributed by atoms with Crippen LogP contribution in [0.15, 0.2) is 109 Å². The number of hydrogen-bond donors (Lipinski definition) is 1. The Morgan fingerprint density at radius 3 is 2.09 bits per heavy atom. The predicted octanol–water partition coefficient (Wildman–Crippen LogP) is 8.29. The summed E-state index contributed by atoms with van der Waals surface area (Å²) >= 11 is 0. The molecule has 0 fully saturated rings. The van der Waals surface area contributed by atoms with Gasteiger partial charge in [0, 0.05) is 43.7 Å². The van der Waals surface area contributed by atoms with Gasteiger partial charge >= 0.3 is 6.09 Å². The summed E-state index contributed by atoms with van der Waals surface area (Å²) in [5.41, 5.74) is 6.65. The third-order valence-electron chi connectivity index (χ3n) is 9.18. The summed E-state index contributed by atoms with van der Waals surface area (Å²) in [7, 11) is 0. The lowest BCUT2D eigenvalue weighted by Crippen LogP contribution is -2.51. The van der Waals surface area contributed by atoms with Crippen LogP contribution in [0.25, 0.3) is 22.0 Å². The minimum Gasteiger partial charge on any atom is -0.488 e. The van der Waals surface area contributed by atoms with E-state index < -0.39 is 18.4 Å². The standard InChI is InChI=1S/C44H49N3O6/c1-6-50-40(51-7-2)28-47(27-32-15-12-14-31-16-13-25-45-41(31)32)42(48)39(26-30-21-23-33(24-22-30)53-44(3,4)5)46-43(49)52-29-38-36-19-10-8-17-34(36)35-18-9-11-20-37(35)38/h8-25,38-40H,6-7,26-29H2,1-5H3,(H,46,49). The number of rotatable bonds is 15. The first kappa shape index (κ1) is 37.5. The number of para-hydroxylation sites is 1. The van der Waals surface area contributed by atoms with Crippen molar-refractivity contribution in [1.82, 2.24) is 15.2 Å². The smallest absolute Gasteiger partial charge is 0.407 e. The van der Waals surface area contributed by atoms with Crippen molar-refractivity contribution in [1.29, 1.82) is 0 Å². The average molecular weight is 716 g/mol. The zero-order chi connectivity index (χ0) is 37.4. The molecule has 1 unspecified atom stereocenters. The van der Waals surface area contributed by atoms with Crippen LogP contribution in [0.5, 0.6) is 5.75 Å². The van der Waals surface area contributed by atoms with Gasteiger partial charge in [-0.25, -0.2) is 4.79 Å². The normalized spacial score (nSPS) is 13.0. The topological polar surface area (TPSA) is 99.2 Å². The highest BCUT2D eigenvalue weighted by atomic mass is 16.7. The molecular weight excluding hydrogens is 666 g/mol. The molecule has 1 aliphatic carbocycles. The van der Waals surface area contributed by atoms with E-state index in [2.05, 4.69) is 34.6 Å². The highest BCUT2D eigenvalue weighted by Gasteiger charge is 2.32. The molecule has 4 aromatic carbocycles. The molecule has 9 heteroatoms. The number of carbonyl (C=O) groups excluding carboxylic acids is 2. The molecule has 1 atom stereocenters. The lowest BCUT2D eigenvalue weighted by atomic mass is 9.98. The van der Waals surface area contributed by atoms with Crippen LogP contribution in [0.2, 0.25) is 0 Å². The van der Waals surface area contributed by atoms with Crippen molar-refractivity contribution < 1.29 is 28.5 Å². The highest BCUT2D eigenvalue weighted by molar-refractivity contribution is 5.87. The van der Waals surface area contributed by atoms with Crippen LogP contribution in [0.3, 0.4) is 0 Å². The van der Waals surface area contributed by atoms with Gasteiger partial charge in [-0.2, -0.15) is 0 Å². The Kier molecular flexibility index (Phi) is 12.1. The molecule has 0 radical (unpaired) electrons. The molecule has 53 heavy (non-hydrogen) atoms. The Labute approximate surface area is 312 Å². The Balaban J connectivity index is 1.28. The van der Waals surface area contributed by atoms with E-state index in [-0.39, 0.29) is 43.5 Å². The van der Waals surface area contributed by atoms with Crippen molar-refractivity contribution in [3.8, 4) is 16.9 Å². The maximum absolute atomic E-state index is 14.8. The molecule has 5 aromatic rings. The number of alkyl carbamates (subject to hydrolysis) is 1. The van der Waals surface area contributed by atoms with Gasteiger partial charge in [-0.05, 0) is 86.2 Å². The van der Waals surface area contributed by atoms with Crippen molar-refractivity contribution in [3.63, 3.8) is 0 Å². The van der Waals surface area contributed by atoms with Gasteiger partial charge in [0.1, 0.15) is 24.0 Å². The van der Waals surface area contributed by atoms with Crippen LogP contribution in [0.4, 0.5) is 4.79 Å². The van der Waals surface area contributed by atoms with E-state index >= 15 is 0 Å². The summed E-state index contributed by atoms with van der Waals surface area (Å²) in [6, 6.07) is 32.8. The first-order chi connectivity index (χ1) is 25.6. The fraction of sp³-hybridized carbons (Fsp3) is 0.341. The van der Waals surface area contributed by atoms with Gasteiger partial charge in [-0.3, -0.25) is 9.78 Å². The number of aromatic nitrogens is 1. The fourth-order valence-electron chi connectivity index (χ4n) is 6.92. The molecule has 1 N–H and O–H groups in total. The number of pyridine rings is 1. The molecular formula is C44H49N3O6. The molecule has 2 amide bonds. The molecule has 1 aromatic heterocycles. The van der Waals surface area contributed by atoms with E-state index in [1.54, 1.807) is 11.1 Å². The molecule has 0 saturated heterocycles. The van der Waals surface area contributed by atoms with Crippen LogP contribution < -0.4 is 10.1 Å². The summed E-state index contributed by atoms with van der Waals surface area (Å²) in [5, 5.41) is 3.92. The second-order valence-electron chi connectivity index (χ2n) is 14.1. The minimum absolute atomic E-state index is 0.119. The van der Waals surface area contributed by atoms with Crippen molar-refractivity contribution in [2.24, 2.45) is 0 Å². The van der Waals surface area contributed by atoms with Crippen LogP contribution in [-0.2, 0) is 32.0 Å². The Hall–Kier alpha value is -5.25. The lowest BCUT2D eigenvalue weighted by molar-refractivity contribution is -0.160. The maximum Gasteiger partial charge on any atom is 0.407 e. The Morgan fingerprint density at radius 2 is 1.45 bits per heavy atom. The molecule has 0 spiro atoms. The summed E-state index contributed by atoms with van der Waals surface area (Å²) in [6.07, 6.45) is 0.629. The van der Waals surface area contributed by atoms with Gasteiger partial charge < -0.3 is 29.2 Å². The minimum atomic E-state index is -0.966. The zero-order valence-corrected chi connectivity index (χ0v) is 31.2. The van der Waals surface area contributed by atoms with Crippen LogP contribution in [0.1, 0.15) is 62.8 Å². The summed E-state index contributed by atoms with van der Waals surface area (Å²) in [4.78, 5) is 34.9.